The number of phenols is 1. The average molecular weight is 329 g/mol. The normalized spacial score (nSPS) is 12.2. The first-order chi connectivity index (χ1) is 9.81. The number of aromatic hydroxyl groups is 1. The van der Waals surface area contributed by atoms with E-state index in [4.69, 9.17) is 27.7 Å². The molecule has 7 heteroatoms. The summed E-state index contributed by atoms with van der Waals surface area (Å²) in [4.78, 5) is 12.3. The Morgan fingerprint density at radius 2 is 2.05 bits per heavy atom. The van der Waals surface area contributed by atoms with Crippen molar-refractivity contribution in [1.82, 2.24) is 10.5 Å². The van der Waals surface area contributed by atoms with E-state index in [2.05, 4.69) is 10.5 Å². The summed E-state index contributed by atoms with van der Waals surface area (Å²) in [6, 6.07) is 2.33. The molecule has 0 aliphatic carbocycles. The number of halogens is 2. The molecule has 2 N–H and O–H groups in total. The number of benzene rings is 1. The topological polar surface area (TPSA) is 75.4 Å². The lowest BCUT2D eigenvalue weighted by Crippen LogP contribution is -2.27. The monoisotopic (exact) mass is 328 g/mol. The number of amides is 1. The molecular weight excluding hydrogens is 315 g/mol. The molecule has 1 aromatic carbocycles. The Bertz CT molecular complexity index is 655. The van der Waals surface area contributed by atoms with E-state index in [9.17, 15) is 9.90 Å². The van der Waals surface area contributed by atoms with E-state index < -0.39 is 5.91 Å². The number of rotatable bonds is 3. The van der Waals surface area contributed by atoms with Gasteiger partial charge >= 0.3 is 0 Å². The van der Waals surface area contributed by atoms with Gasteiger partial charge in [-0.05, 0) is 32.9 Å². The van der Waals surface area contributed by atoms with Gasteiger partial charge in [-0.1, -0.05) is 28.4 Å². The van der Waals surface area contributed by atoms with Crippen molar-refractivity contribution in [3.8, 4) is 5.75 Å². The molecule has 112 valence electrons. The summed E-state index contributed by atoms with van der Waals surface area (Å²) in [6.45, 7) is 5.36. The third kappa shape index (κ3) is 3.14. The van der Waals surface area contributed by atoms with E-state index in [0.717, 1.165) is 5.56 Å². The zero-order chi connectivity index (χ0) is 15.7. The molecule has 0 saturated heterocycles. The van der Waals surface area contributed by atoms with E-state index in [-0.39, 0.29) is 27.4 Å². The van der Waals surface area contributed by atoms with Gasteiger partial charge in [-0.15, -0.1) is 0 Å². The first kappa shape index (κ1) is 15.7. The van der Waals surface area contributed by atoms with Gasteiger partial charge in [0, 0.05) is 10.6 Å². The van der Waals surface area contributed by atoms with Crippen molar-refractivity contribution in [3.05, 3.63) is 44.8 Å². The number of aromatic nitrogens is 1. The summed E-state index contributed by atoms with van der Waals surface area (Å²) in [7, 11) is 0. The first-order valence-corrected chi connectivity index (χ1v) is 6.98. The summed E-state index contributed by atoms with van der Waals surface area (Å²) in [5, 5.41) is 16.8. The van der Waals surface area contributed by atoms with Crippen LogP contribution >= 0.6 is 23.2 Å². The van der Waals surface area contributed by atoms with E-state index in [1.165, 1.54) is 12.1 Å². The minimum atomic E-state index is -0.498. The third-order valence-electron chi connectivity index (χ3n) is 3.13. The summed E-state index contributed by atoms with van der Waals surface area (Å²) in [5.41, 5.74) is 1.49. The smallest absolute Gasteiger partial charge is 0.257 e. The van der Waals surface area contributed by atoms with Gasteiger partial charge in [-0.2, -0.15) is 0 Å². The van der Waals surface area contributed by atoms with Crippen molar-refractivity contribution < 1.29 is 14.4 Å². The summed E-state index contributed by atoms with van der Waals surface area (Å²) < 4.78 is 5.07. The van der Waals surface area contributed by atoms with Crippen molar-refractivity contribution in [2.24, 2.45) is 0 Å². The highest BCUT2D eigenvalue weighted by molar-refractivity contribution is 6.37. The lowest BCUT2D eigenvalue weighted by molar-refractivity contribution is 0.0937. The lowest BCUT2D eigenvalue weighted by atomic mass is 10.1. The lowest BCUT2D eigenvalue weighted by Gasteiger charge is -2.15. The fourth-order valence-electron chi connectivity index (χ4n) is 2.23. The van der Waals surface area contributed by atoms with E-state index in [1.807, 2.05) is 0 Å². The maximum absolute atomic E-state index is 12.3. The minimum absolute atomic E-state index is 0.0142. The molecule has 1 amide bonds. The minimum Gasteiger partial charge on any atom is -0.507 e. The zero-order valence-electron chi connectivity index (χ0n) is 11.7. The summed E-state index contributed by atoms with van der Waals surface area (Å²) >= 11 is 11.7. The van der Waals surface area contributed by atoms with Gasteiger partial charge in [0.2, 0.25) is 0 Å². The molecule has 1 unspecified atom stereocenters. The van der Waals surface area contributed by atoms with Crippen LogP contribution in [-0.4, -0.2) is 16.2 Å². The van der Waals surface area contributed by atoms with E-state index in [1.54, 1.807) is 20.8 Å². The van der Waals surface area contributed by atoms with Crippen molar-refractivity contribution in [2.45, 2.75) is 26.8 Å². The SMILES string of the molecule is Cc1noc(C)c1C(C)NC(=O)c1c(O)cc(Cl)cc1Cl. The second-order valence-electron chi connectivity index (χ2n) is 4.71. The van der Waals surface area contributed by atoms with Crippen LogP contribution in [0.3, 0.4) is 0 Å². The fourth-order valence-corrected chi connectivity index (χ4v) is 2.80. The second-order valence-corrected chi connectivity index (χ2v) is 5.56. The number of nitrogens with zero attached hydrogens (tertiary/aromatic N) is 1. The van der Waals surface area contributed by atoms with Gasteiger partial charge in [0.1, 0.15) is 11.5 Å². The second kappa shape index (κ2) is 5.95. The largest absolute Gasteiger partial charge is 0.507 e. The molecule has 0 fully saturated rings. The molecule has 0 radical (unpaired) electrons. The van der Waals surface area contributed by atoms with Gasteiger partial charge in [-0.3, -0.25) is 4.79 Å². The van der Waals surface area contributed by atoms with Gasteiger partial charge in [-0.25, -0.2) is 0 Å². The molecule has 21 heavy (non-hydrogen) atoms. The Labute approximate surface area is 131 Å². The number of carbonyl (C=O) groups is 1. The third-order valence-corrected chi connectivity index (χ3v) is 3.65. The predicted molar refractivity (Wildman–Crippen MR) is 80.0 cm³/mol. The molecule has 0 spiro atoms. The zero-order valence-corrected chi connectivity index (χ0v) is 13.2. The number of hydrogen-bond acceptors (Lipinski definition) is 4. The molecule has 0 bridgehead atoms. The van der Waals surface area contributed by atoms with Gasteiger partial charge < -0.3 is 14.9 Å². The van der Waals surface area contributed by atoms with Crippen LogP contribution in [-0.2, 0) is 0 Å². The Balaban J connectivity index is 2.27. The molecular formula is C14H14Cl2N2O3. The molecule has 5 nitrogen and oxygen atoms in total. The highest BCUT2D eigenvalue weighted by atomic mass is 35.5. The highest BCUT2D eigenvalue weighted by Crippen LogP contribution is 2.30. The number of carbonyl (C=O) groups excluding carboxylic acids is 1. The standard InChI is InChI=1S/C14H14Cl2N2O3/c1-6(12-7(2)18-21-8(12)3)17-14(20)13-10(16)4-9(15)5-11(13)19/h4-6,19H,1-3H3,(H,17,20). The fraction of sp³-hybridized carbons (Fsp3) is 0.286. The van der Waals surface area contributed by atoms with Crippen LogP contribution in [0.15, 0.2) is 16.7 Å². The summed E-state index contributed by atoms with van der Waals surface area (Å²) in [5.74, 6) is -0.135. The number of aryl methyl sites for hydroxylation is 2. The predicted octanol–water partition coefficient (Wildman–Crippen LogP) is 3.79. The van der Waals surface area contributed by atoms with Gasteiger partial charge in [0.15, 0.2) is 0 Å². The maximum atomic E-state index is 12.3. The quantitative estimate of drug-likeness (QED) is 0.898. The number of nitrogens with one attached hydrogen (secondary N) is 1. The van der Waals surface area contributed by atoms with Crippen LogP contribution in [0.1, 0.15) is 40.3 Å². The Kier molecular flexibility index (Phi) is 4.44. The van der Waals surface area contributed by atoms with Crippen LogP contribution in [0.2, 0.25) is 10.0 Å². The molecule has 0 aliphatic rings. The van der Waals surface area contributed by atoms with Crippen LogP contribution in [0, 0.1) is 13.8 Å². The number of phenolic OH excluding ortho intramolecular Hbond substituents is 1. The molecule has 1 aromatic heterocycles. The molecule has 0 saturated carbocycles. The van der Waals surface area contributed by atoms with Crippen LogP contribution in [0.4, 0.5) is 0 Å². The molecule has 1 heterocycles. The molecule has 0 aliphatic heterocycles. The van der Waals surface area contributed by atoms with Gasteiger partial charge in [0.05, 0.1) is 22.3 Å². The van der Waals surface area contributed by atoms with Crippen LogP contribution in [0.5, 0.6) is 5.75 Å². The van der Waals surface area contributed by atoms with E-state index >= 15 is 0 Å². The summed E-state index contributed by atoms with van der Waals surface area (Å²) in [6.07, 6.45) is 0. The molecule has 2 rings (SSSR count). The van der Waals surface area contributed by atoms with Crippen molar-refractivity contribution in [3.63, 3.8) is 0 Å². The van der Waals surface area contributed by atoms with E-state index in [0.29, 0.717) is 11.5 Å². The van der Waals surface area contributed by atoms with Crippen molar-refractivity contribution in [2.75, 3.05) is 0 Å². The maximum Gasteiger partial charge on any atom is 0.257 e. The highest BCUT2D eigenvalue weighted by Gasteiger charge is 2.22. The Hall–Kier alpha value is -1.72. The molecule has 2 aromatic rings. The Morgan fingerprint density at radius 3 is 2.57 bits per heavy atom. The Morgan fingerprint density at radius 1 is 1.38 bits per heavy atom. The first-order valence-electron chi connectivity index (χ1n) is 6.23. The van der Waals surface area contributed by atoms with Crippen LogP contribution < -0.4 is 5.32 Å². The van der Waals surface area contributed by atoms with Crippen LogP contribution in [0.25, 0.3) is 0 Å². The van der Waals surface area contributed by atoms with Gasteiger partial charge in [0.25, 0.3) is 5.91 Å². The molecule has 1 atom stereocenters. The van der Waals surface area contributed by atoms with Crippen molar-refractivity contribution >= 4 is 29.1 Å². The number of hydrogen-bond donors (Lipinski definition) is 2. The average Bonchev–Trinajstić information content (AvgIpc) is 2.67. The van der Waals surface area contributed by atoms with Crippen molar-refractivity contribution in [1.29, 1.82) is 0 Å².